The van der Waals surface area contributed by atoms with E-state index >= 15 is 0 Å². The summed E-state index contributed by atoms with van der Waals surface area (Å²) in [5.74, 6) is 0. The maximum Gasteiger partial charge on any atom is 0.294 e. The number of hydrogen-bond donors (Lipinski definition) is 1. The topological polar surface area (TPSA) is 61.6 Å². The first-order chi connectivity index (χ1) is 9.58. The predicted octanol–water partition coefficient (Wildman–Crippen LogP) is 1.59. The van der Waals surface area contributed by atoms with Crippen LogP contribution in [0.1, 0.15) is 0 Å². The minimum absolute atomic E-state index is 0.0558. The Kier molecular flexibility index (Phi) is 5.17. The normalized spacial score (nSPS) is 16.1. The van der Waals surface area contributed by atoms with Crippen molar-refractivity contribution in [2.75, 3.05) is 51.2 Å². The maximum atomic E-state index is 11.1. The Bertz CT molecular complexity index is 477. The number of nitrogens with zero attached hydrogens (tertiary/aromatic N) is 3. The molecule has 0 atom stereocenters. The SMILES string of the molecule is CN(CCN1CCNCC1)c1ccc(Cl)cc1[N+](=O)[O-]. The van der Waals surface area contributed by atoms with Crippen LogP contribution in [0, 0.1) is 10.1 Å². The lowest BCUT2D eigenvalue weighted by atomic mass is 10.2. The van der Waals surface area contributed by atoms with Gasteiger partial charge in [0.1, 0.15) is 5.69 Å². The molecule has 1 aromatic carbocycles. The van der Waals surface area contributed by atoms with Gasteiger partial charge in [0, 0.05) is 57.4 Å². The number of piperazine rings is 1. The lowest BCUT2D eigenvalue weighted by Gasteiger charge is -2.29. The third kappa shape index (κ3) is 3.82. The Morgan fingerprint density at radius 3 is 2.80 bits per heavy atom. The summed E-state index contributed by atoms with van der Waals surface area (Å²) in [7, 11) is 1.87. The van der Waals surface area contributed by atoms with Crippen molar-refractivity contribution in [1.29, 1.82) is 0 Å². The van der Waals surface area contributed by atoms with Gasteiger partial charge in [0.25, 0.3) is 5.69 Å². The summed E-state index contributed by atoms with van der Waals surface area (Å²) < 4.78 is 0. The van der Waals surface area contributed by atoms with Crippen LogP contribution in [-0.2, 0) is 0 Å². The first-order valence-corrected chi connectivity index (χ1v) is 7.04. The number of benzene rings is 1. The van der Waals surface area contributed by atoms with E-state index in [0.29, 0.717) is 10.7 Å². The average molecular weight is 299 g/mol. The Morgan fingerprint density at radius 2 is 2.15 bits per heavy atom. The first kappa shape index (κ1) is 15.0. The van der Waals surface area contributed by atoms with Gasteiger partial charge in [-0.15, -0.1) is 0 Å². The molecule has 0 saturated carbocycles. The van der Waals surface area contributed by atoms with Crippen molar-refractivity contribution in [3.63, 3.8) is 0 Å². The van der Waals surface area contributed by atoms with E-state index in [4.69, 9.17) is 11.6 Å². The van der Waals surface area contributed by atoms with E-state index in [1.807, 2.05) is 11.9 Å². The molecule has 20 heavy (non-hydrogen) atoms. The lowest BCUT2D eigenvalue weighted by Crippen LogP contribution is -2.46. The molecule has 0 amide bonds. The molecule has 1 fully saturated rings. The van der Waals surface area contributed by atoms with Crippen LogP contribution in [0.2, 0.25) is 5.02 Å². The highest BCUT2D eigenvalue weighted by Gasteiger charge is 2.18. The number of nitrogens with one attached hydrogen (secondary N) is 1. The summed E-state index contributed by atoms with van der Waals surface area (Å²) in [6, 6.07) is 4.79. The fourth-order valence-corrected chi connectivity index (χ4v) is 2.48. The predicted molar refractivity (Wildman–Crippen MR) is 80.7 cm³/mol. The molecule has 7 heteroatoms. The summed E-state index contributed by atoms with van der Waals surface area (Å²) in [4.78, 5) is 15.0. The number of hydrogen-bond acceptors (Lipinski definition) is 5. The molecule has 1 saturated heterocycles. The van der Waals surface area contributed by atoms with Gasteiger partial charge in [0.15, 0.2) is 0 Å². The highest BCUT2D eigenvalue weighted by Crippen LogP contribution is 2.30. The third-order valence-electron chi connectivity index (χ3n) is 3.51. The van der Waals surface area contributed by atoms with Gasteiger partial charge in [-0.3, -0.25) is 15.0 Å². The first-order valence-electron chi connectivity index (χ1n) is 6.66. The molecule has 6 nitrogen and oxygen atoms in total. The number of anilines is 1. The van der Waals surface area contributed by atoms with Crippen LogP contribution in [0.3, 0.4) is 0 Å². The molecular formula is C13H19ClN4O2. The minimum Gasteiger partial charge on any atom is -0.368 e. The Hall–Kier alpha value is -1.37. The molecule has 1 aliphatic heterocycles. The molecule has 0 unspecified atom stereocenters. The van der Waals surface area contributed by atoms with E-state index < -0.39 is 0 Å². The fraction of sp³-hybridized carbons (Fsp3) is 0.538. The second-order valence-corrected chi connectivity index (χ2v) is 5.34. The van der Waals surface area contributed by atoms with Gasteiger partial charge in [0.05, 0.1) is 4.92 Å². The van der Waals surface area contributed by atoms with Crippen LogP contribution in [0.4, 0.5) is 11.4 Å². The zero-order chi connectivity index (χ0) is 14.5. The standard InChI is InChI=1S/C13H19ClN4O2/c1-16(8-9-17-6-4-15-5-7-17)12-3-2-11(14)10-13(12)18(19)20/h2-3,10,15H,4-9H2,1H3. The summed E-state index contributed by atoms with van der Waals surface area (Å²) in [6.45, 7) is 5.71. The number of nitro benzene ring substituents is 1. The molecule has 0 bridgehead atoms. The van der Waals surface area contributed by atoms with Crippen molar-refractivity contribution in [3.05, 3.63) is 33.3 Å². The number of likely N-dealkylation sites (N-methyl/N-ethyl adjacent to an activating group) is 1. The van der Waals surface area contributed by atoms with E-state index in [1.54, 1.807) is 12.1 Å². The van der Waals surface area contributed by atoms with E-state index in [9.17, 15) is 10.1 Å². The van der Waals surface area contributed by atoms with Crippen molar-refractivity contribution < 1.29 is 4.92 Å². The molecule has 1 aromatic rings. The Morgan fingerprint density at radius 1 is 1.45 bits per heavy atom. The minimum atomic E-state index is -0.386. The monoisotopic (exact) mass is 298 g/mol. The van der Waals surface area contributed by atoms with Crippen LogP contribution in [0.5, 0.6) is 0 Å². The Labute approximate surface area is 123 Å². The molecule has 1 N–H and O–H groups in total. The molecule has 0 aliphatic carbocycles. The fourth-order valence-electron chi connectivity index (χ4n) is 2.31. The van der Waals surface area contributed by atoms with Crippen LogP contribution >= 0.6 is 11.6 Å². The van der Waals surface area contributed by atoms with E-state index in [1.165, 1.54) is 6.07 Å². The molecule has 110 valence electrons. The summed E-state index contributed by atoms with van der Waals surface area (Å²) in [5, 5.41) is 14.8. The lowest BCUT2D eigenvalue weighted by molar-refractivity contribution is -0.384. The van der Waals surface area contributed by atoms with Crippen LogP contribution in [-0.4, -0.2) is 56.1 Å². The molecule has 2 rings (SSSR count). The molecule has 0 aromatic heterocycles. The van der Waals surface area contributed by atoms with Crippen LogP contribution in [0.25, 0.3) is 0 Å². The second-order valence-electron chi connectivity index (χ2n) is 4.90. The second kappa shape index (κ2) is 6.88. The largest absolute Gasteiger partial charge is 0.368 e. The van der Waals surface area contributed by atoms with Crippen molar-refractivity contribution in [1.82, 2.24) is 10.2 Å². The maximum absolute atomic E-state index is 11.1. The number of halogens is 1. The number of rotatable bonds is 5. The summed E-state index contributed by atoms with van der Waals surface area (Å²) >= 11 is 5.83. The molecule has 0 spiro atoms. The van der Waals surface area contributed by atoms with Crippen LogP contribution < -0.4 is 10.2 Å². The van der Waals surface area contributed by atoms with Gasteiger partial charge >= 0.3 is 0 Å². The zero-order valence-corrected chi connectivity index (χ0v) is 12.3. The van der Waals surface area contributed by atoms with E-state index in [-0.39, 0.29) is 10.6 Å². The van der Waals surface area contributed by atoms with Gasteiger partial charge in [-0.2, -0.15) is 0 Å². The van der Waals surface area contributed by atoms with Crippen molar-refractivity contribution in [2.45, 2.75) is 0 Å². The highest BCUT2D eigenvalue weighted by atomic mass is 35.5. The summed E-state index contributed by atoms with van der Waals surface area (Å²) in [5.41, 5.74) is 0.662. The zero-order valence-electron chi connectivity index (χ0n) is 11.5. The molecule has 1 heterocycles. The van der Waals surface area contributed by atoms with E-state index in [0.717, 1.165) is 39.3 Å². The number of nitro groups is 1. The van der Waals surface area contributed by atoms with Gasteiger partial charge < -0.3 is 10.2 Å². The van der Waals surface area contributed by atoms with Crippen LogP contribution in [0.15, 0.2) is 18.2 Å². The van der Waals surface area contributed by atoms with Gasteiger partial charge in [0.2, 0.25) is 0 Å². The quantitative estimate of drug-likeness (QED) is 0.661. The smallest absolute Gasteiger partial charge is 0.294 e. The van der Waals surface area contributed by atoms with Gasteiger partial charge in [-0.05, 0) is 12.1 Å². The van der Waals surface area contributed by atoms with Gasteiger partial charge in [-0.25, -0.2) is 0 Å². The van der Waals surface area contributed by atoms with E-state index in [2.05, 4.69) is 10.2 Å². The van der Waals surface area contributed by atoms with Crippen molar-refractivity contribution in [3.8, 4) is 0 Å². The molecular weight excluding hydrogens is 280 g/mol. The third-order valence-corrected chi connectivity index (χ3v) is 3.74. The Balaban J connectivity index is 2.01. The average Bonchev–Trinajstić information content (AvgIpc) is 2.45. The highest BCUT2D eigenvalue weighted by molar-refractivity contribution is 6.30. The molecule has 0 radical (unpaired) electrons. The molecule has 1 aliphatic rings. The summed E-state index contributed by atoms with van der Waals surface area (Å²) in [6.07, 6.45) is 0. The van der Waals surface area contributed by atoms with Crippen molar-refractivity contribution in [2.24, 2.45) is 0 Å². The van der Waals surface area contributed by atoms with Gasteiger partial charge in [-0.1, -0.05) is 11.6 Å². The van der Waals surface area contributed by atoms with Crippen molar-refractivity contribution >= 4 is 23.0 Å².